The molecule has 3 rings (SSSR count). The van der Waals surface area contributed by atoms with E-state index in [0.29, 0.717) is 19.4 Å². The number of nitrogens with one attached hydrogen (secondary N) is 1. The van der Waals surface area contributed by atoms with E-state index in [1.165, 1.54) is 0 Å². The number of carbonyl (C=O) groups is 2. The summed E-state index contributed by atoms with van der Waals surface area (Å²) < 4.78 is 0. The van der Waals surface area contributed by atoms with Crippen LogP contribution < -0.4 is 5.32 Å². The number of amides is 2. The molecule has 2 heterocycles. The highest BCUT2D eigenvalue weighted by Crippen LogP contribution is 2.28. The number of benzene rings is 1. The van der Waals surface area contributed by atoms with Crippen LogP contribution in [0.15, 0.2) is 24.3 Å². The summed E-state index contributed by atoms with van der Waals surface area (Å²) in [6.45, 7) is 0.540. The van der Waals surface area contributed by atoms with Crippen LogP contribution >= 0.6 is 0 Å². The molecule has 1 fully saturated rings. The summed E-state index contributed by atoms with van der Waals surface area (Å²) >= 11 is 0. The van der Waals surface area contributed by atoms with Crippen LogP contribution in [0.4, 0.5) is 5.69 Å². The monoisotopic (exact) mass is 216 g/mol. The van der Waals surface area contributed by atoms with E-state index in [9.17, 15) is 9.59 Å². The molecular formula is C12H12N2O2. The van der Waals surface area contributed by atoms with Crippen LogP contribution in [-0.4, -0.2) is 22.8 Å². The molecular weight excluding hydrogens is 204 g/mol. The van der Waals surface area contributed by atoms with Crippen molar-refractivity contribution in [3.8, 4) is 0 Å². The van der Waals surface area contributed by atoms with Crippen molar-refractivity contribution in [2.75, 3.05) is 5.32 Å². The maximum Gasteiger partial charge on any atom is 0.247 e. The Kier molecular flexibility index (Phi) is 1.96. The van der Waals surface area contributed by atoms with Gasteiger partial charge in [-0.3, -0.25) is 9.59 Å². The van der Waals surface area contributed by atoms with Crippen molar-refractivity contribution in [2.45, 2.75) is 25.4 Å². The maximum absolute atomic E-state index is 11.9. The van der Waals surface area contributed by atoms with Crippen molar-refractivity contribution in [3.05, 3.63) is 29.8 Å². The van der Waals surface area contributed by atoms with Gasteiger partial charge >= 0.3 is 0 Å². The minimum Gasteiger partial charge on any atom is -0.326 e. The molecule has 1 atom stereocenters. The highest BCUT2D eigenvalue weighted by atomic mass is 16.2. The summed E-state index contributed by atoms with van der Waals surface area (Å²) in [4.78, 5) is 25.2. The maximum atomic E-state index is 11.9. The molecule has 4 heteroatoms. The fourth-order valence-electron chi connectivity index (χ4n) is 2.38. The van der Waals surface area contributed by atoms with Crippen molar-refractivity contribution in [3.63, 3.8) is 0 Å². The molecule has 0 unspecified atom stereocenters. The number of para-hydroxylation sites is 1. The summed E-state index contributed by atoms with van der Waals surface area (Å²) in [6, 6.07) is 7.35. The van der Waals surface area contributed by atoms with Gasteiger partial charge in [-0.15, -0.1) is 0 Å². The Morgan fingerprint density at radius 2 is 2.06 bits per heavy atom. The number of rotatable bonds is 0. The fourth-order valence-corrected chi connectivity index (χ4v) is 2.38. The van der Waals surface area contributed by atoms with Crippen LogP contribution in [0.2, 0.25) is 0 Å². The zero-order valence-corrected chi connectivity index (χ0v) is 8.77. The highest BCUT2D eigenvalue weighted by molar-refractivity contribution is 6.00. The van der Waals surface area contributed by atoms with Crippen LogP contribution in [0.1, 0.15) is 18.4 Å². The minimum atomic E-state index is -0.278. The average molecular weight is 216 g/mol. The molecule has 0 spiro atoms. The lowest BCUT2D eigenvalue weighted by Gasteiger charge is -2.19. The number of hydrogen-bond acceptors (Lipinski definition) is 2. The molecule has 4 nitrogen and oxygen atoms in total. The summed E-state index contributed by atoms with van der Waals surface area (Å²) in [5.41, 5.74) is 1.84. The third-order valence-corrected chi connectivity index (χ3v) is 3.25. The van der Waals surface area contributed by atoms with Crippen LogP contribution in [-0.2, 0) is 16.1 Å². The Labute approximate surface area is 93.2 Å². The lowest BCUT2D eigenvalue weighted by atomic mass is 10.2. The second-order valence-electron chi connectivity index (χ2n) is 4.22. The van der Waals surface area contributed by atoms with Gasteiger partial charge in [0.05, 0.1) is 0 Å². The van der Waals surface area contributed by atoms with E-state index in [1.807, 2.05) is 24.3 Å². The molecule has 1 N–H and O–H groups in total. The molecule has 0 radical (unpaired) electrons. The van der Waals surface area contributed by atoms with Crippen LogP contribution in [0, 0.1) is 0 Å². The lowest BCUT2D eigenvalue weighted by Crippen LogP contribution is -2.38. The topological polar surface area (TPSA) is 49.4 Å². The summed E-state index contributed by atoms with van der Waals surface area (Å²) in [7, 11) is 0. The third-order valence-electron chi connectivity index (χ3n) is 3.25. The van der Waals surface area contributed by atoms with E-state index in [1.54, 1.807) is 4.90 Å². The van der Waals surface area contributed by atoms with Crippen LogP contribution in [0.5, 0.6) is 0 Å². The Hall–Kier alpha value is -1.84. The lowest BCUT2D eigenvalue weighted by molar-refractivity contribution is -0.133. The van der Waals surface area contributed by atoms with Gasteiger partial charge in [0.1, 0.15) is 6.04 Å². The Morgan fingerprint density at radius 1 is 1.25 bits per heavy atom. The largest absolute Gasteiger partial charge is 0.326 e. The van der Waals surface area contributed by atoms with Gasteiger partial charge in [0, 0.05) is 18.7 Å². The standard InChI is InChI=1S/C12H12N2O2/c15-11-6-5-10-12(16)13-9-4-2-1-3-8(9)7-14(10)11/h1-4,10H,5-7H2,(H,13,16)/t10-/m0/s1. The van der Waals surface area contributed by atoms with Crippen molar-refractivity contribution in [2.24, 2.45) is 0 Å². The number of nitrogens with zero attached hydrogens (tertiary/aromatic N) is 1. The van der Waals surface area contributed by atoms with Crippen LogP contribution in [0.25, 0.3) is 0 Å². The van der Waals surface area contributed by atoms with E-state index in [0.717, 1.165) is 11.3 Å². The number of carbonyl (C=O) groups excluding carboxylic acids is 2. The summed E-state index contributed by atoms with van der Waals surface area (Å²) in [6.07, 6.45) is 1.12. The summed E-state index contributed by atoms with van der Waals surface area (Å²) in [5, 5.41) is 2.88. The predicted molar refractivity (Wildman–Crippen MR) is 58.6 cm³/mol. The van der Waals surface area contributed by atoms with Crippen LogP contribution in [0.3, 0.4) is 0 Å². The van der Waals surface area contributed by atoms with Gasteiger partial charge in [-0.2, -0.15) is 0 Å². The molecule has 82 valence electrons. The fraction of sp³-hybridized carbons (Fsp3) is 0.333. The smallest absolute Gasteiger partial charge is 0.247 e. The molecule has 1 saturated heterocycles. The highest BCUT2D eigenvalue weighted by Gasteiger charge is 2.38. The molecule has 1 aromatic carbocycles. The first-order valence-corrected chi connectivity index (χ1v) is 5.44. The van der Waals surface area contributed by atoms with E-state index >= 15 is 0 Å². The molecule has 0 aromatic heterocycles. The van der Waals surface area contributed by atoms with E-state index in [2.05, 4.69) is 5.32 Å². The van der Waals surface area contributed by atoms with Crippen molar-refractivity contribution in [1.29, 1.82) is 0 Å². The Bertz CT molecular complexity index is 470. The molecule has 0 aliphatic carbocycles. The second kappa shape index (κ2) is 3.33. The number of hydrogen-bond donors (Lipinski definition) is 1. The average Bonchev–Trinajstić information content (AvgIpc) is 2.57. The van der Waals surface area contributed by atoms with Crippen molar-refractivity contribution in [1.82, 2.24) is 4.90 Å². The zero-order valence-electron chi connectivity index (χ0n) is 8.77. The van der Waals surface area contributed by atoms with Crippen molar-refractivity contribution < 1.29 is 9.59 Å². The quantitative estimate of drug-likeness (QED) is 0.706. The molecule has 16 heavy (non-hydrogen) atoms. The van der Waals surface area contributed by atoms with Gasteiger partial charge in [0.25, 0.3) is 0 Å². The first-order chi connectivity index (χ1) is 7.75. The minimum absolute atomic E-state index is 0.0594. The second-order valence-corrected chi connectivity index (χ2v) is 4.22. The Morgan fingerprint density at radius 3 is 2.94 bits per heavy atom. The molecule has 2 aliphatic rings. The van der Waals surface area contributed by atoms with E-state index in [-0.39, 0.29) is 17.9 Å². The number of fused-ring (bicyclic) bond motifs is 2. The van der Waals surface area contributed by atoms with E-state index < -0.39 is 0 Å². The molecule has 0 saturated carbocycles. The van der Waals surface area contributed by atoms with Crippen molar-refractivity contribution >= 4 is 17.5 Å². The first-order valence-electron chi connectivity index (χ1n) is 5.44. The van der Waals surface area contributed by atoms with Gasteiger partial charge in [0.2, 0.25) is 11.8 Å². The third kappa shape index (κ3) is 1.30. The SMILES string of the molecule is O=C1Nc2ccccc2CN2C(=O)CC[C@@H]12. The Balaban J connectivity index is 2.04. The molecule has 1 aromatic rings. The number of anilines is 1. The zero-order chi connectivity index (χ0) is 11.1. The molecule has 0 bridgehead atoms. The normalized spacial score (nSPS) is 23.5. The summed E-state index contributed by atoms with van der Waals surface area (Å²) in [5.74, 6) is 0.0210. The molecule has 2 amide bonds. The van der Waals surface area contributed by atoms with Gasteiger partial charge in [-0.25, -0.2) is 0 Å². The van der Waals surface area contributed by atoms with Gasteiger partial charge in [0.15, 0.2) is 0 Å². The van der Waals surface area contributed by atoms with E-state index in [4.69, 9.17) is 0 Å². The van der Waals surface area contributed by atoms with Gasteiger partial charge in [-0.1, -0.05) is 18.2 Å². The first kappa shape index (κ1) is 9.39. The van der Waals surface area contributed by atoms with Gasteiger partial charge < -0.3 is 10.2 Å². The van der Waals surface area contributed by atoms with Gasteiger partial charge in [-0.05, 0) is 18.1 Å². The predicted octanol–water partition coefficient (Wildman–Crippen LogP) is 1.13. The molecule has 2 aliphatic heterocycles.